The molecule has 1 aliphatic heterocycles. The Morgan fingerprint density at radius 1 is 1.45 bits per heavy atom. The maximum atomic E-state index is 12.6. The number of carbonyl (C=O) groups is 1. The molecule has 1 heterocycles. The van der Waals surface area contributed by atoms with Gasteiger partial charge in [0.25, 0.3) is 0 Å². The first-order valence-corrected chi connectivity index (χ1v) is 6.77. The smallest absolute Gasteiger partial charge is 0.234 e. The molecule has 110 valence electrons. The Bertz CT molecular complexity index is 482. The van der Waals surface area contributed by atoms with E-state index in [1.54, 1.807) is 14.2 Å². The summed E-state index contributed by atoms with van der Waals surface area (Å²) >= 11 is 0. The molecule has 2 N–H and O–H groups in total. The molecular weight excluding hydrogens is 256 g/mol. The van der Waals surface area contributed by atoms with Crippen LogP contribution < -0.4 is 15.4 Å². The van der Waals surface area contributed by atoms with Gasteiger partial charge in [-0.3, -0.25) is 4.79 Å². The van der Waals surface area contributed by atoms with Crippen molar-refractivity contribution < 1.29 is 14.3 Å². The van der Waals surface area contributed by atoms with E-state index in [2.05, 4.69) is 10.6 Å². The van der Waals surface area contributed by atoms with Crippen molar-refractivity contribution in [1.29, 1.82) is 0 Å². The summed E-state index contributed by atoms with van der Waals surface area (Å²) in [6.07, 6.45) is 0.794. The predicted octanol–water partition coefficient (Wildman–Crippen LogP) is 1.57. The van der Waals surface area contributed by atoms with Gasteiger partial charge < -0.3 is 20.1 Å². The number of benzene rings is 1. The van der Waals surface area contributed by atoms with E-state index < -0.39 is 5.41 Å². The van der Waals surface area contributed by atoms with Gasteiger partial charge in [-0.15, -0.1) is 0 Å². The number of nitrogens with one attached hydrogen (secondary N) is 2. The quantitative estimate of drug-likeness (QED) is 0.858. The van der Waals surface area contributed by atoms with Gasteiger partial charge in [0.1, 0.15) is 5.75 Å². The van der Waals surface area contributed by atoms with E-state index in [1.165, 1.54) is 0 Å². The lowest BCUT2D eigenvalue weighted by atomic mass is 9.87. The third kappa shape index (κ3) is 2.94. The fourth-order valence-electron chi connectivity index (χ4n) is 2.56. The zero-order valence-corrected chi connectivity index (χ0v) is 12.3. The molecule has 0 aliphatic carbocycles. The highest BCUT2D eigenvalue weighted by Gasteiger charge is 2.41. The molecule has 1 amide bonds. The Morgan fingerprint density at radius 2 is 2.25 bits per heavy atom. The van der Waals surface area contributed by atoms with Gasteiger partial charge >= 0.3 is 0 Å². The summed E-state index contributed by atoms with van der Waals surface area (Å²) in [6.45, 7) is 3.88. The van der Waals surface area contributed by atoms with E-state index in [0.29, 0.717) is 13.2 Å². The molecule has 0 radical (unpaired) electrons. The van der Waals surface area contributed by atoms with Crippen LogP contribution >= 0.6 is 0 Å². The molecular formula is C15H22N2O3. The lowest BCUT2D eigenvalue weighted by molar-refractivity contribution is -0.127. The number of hydrogen-bond acceptors (Lipinski definition) is 4. The minimum atomic E-state index is -0.471. The topological polar surface area (TPSA) is 59.6 Å². The highest BCUT2D eigenvalue weighted by atomic mass is 16.5. The van der Waals surface area contributed by atoms with E-state index in [0.717, 1.165) is 30.0 Å². The molecule has 1 fully saturated rings. The first kappa shape index (κ1) is 14.8. The molecule has 1 saturated heterocycles. The molecule has 1 aromatic carbocycles. The summed E-state index contributed by atoms with van der Waals surface area (Å²) < 4.78 is 10.4. The summed E-state index contributed by atoms with van der Waals surface area (Å²) in [5.74, 6) is 0.798. The van der Waals surface area contributed by atoms with Gasteiger partial charge in [-0.2, -0.15) is 0 Å². The van der Waals surface area contributed by atoms with Crippen molar-refractivity contribution in [2.24, 2.45) is 5.41 Å². The number of hydrogen-bond donors (Lipinski definition) is 2. The van der Waals surface area contributed by atoms with Crippen molar-refractivity contribution >= 4 is 11.6 Å². The van der Waals surface area contributed by atoms with Crippen molar-refractivity contribution in [2.45, 2.75) is 13.3 Å². The molecule has 1 atom stereocenters. The van der Waals surface area contributed by atoms with Crippen LogP contribution in [0.4, 0.5) is 5.69 Å². The average molecular weight is 278 g/mol. The van der Waals surface area contributed by atoms with Crippen LogP contribution in [0.2, 0.25) is 0 Å². The van der Waals surface area contributed by atoms with Crippen molar-refractivity contribution in [3.8, 4) is 5.75 Å². The number of aryl methyl sites for hydroxylation is 1. The molecule has 1 aromatic rings. The van der Waals surface area contributed by atoms with Crippen LogP contribution in [0, 0.1) is 12.3 Å². The van der Waals surface area contributed by atoms with Crippen molar-refractivity contribution in [3.05, 3.63) is 23.8 Å². The van der Waals surface area contributed by atoms with Gasteiger partial charge in [0, 0.05) is 19.3 Å². The maximum absolute atomic E-state index is 12.6. The summed E-state index contributed by atoms with van der Waals surface area (Å²) in [6, 6.07) is 5.62. The number of anilines is 1. The van der Waals surface area contributed by atoms with Gasteiger partial charge in [0.05, 0.1) is 19.1 Å². The molecule has 0 spiro atoms. The molecule has 0 aromatic heterocycles. The number of carbonyl (C=O) groups excluding carboxylic acids is 1. The number of rotatable bonds is 5. The number of amides is 1. The molecule has 5 nitrogen and oxygen atoms in total. The third-order valence-electron chi connectivity index (χ3n) is 3.83. The first-order valence-electron chi connectivity index (χ1n) is 6.77. The number of ether oxygens (including phenoxy) is 2. The predicted molar refractivity (Wildman–Crippen MR) is 78.2 cm³/mol. The van der Waals surface area contributed by atoms with Crippen molar-refractivity contribution in [3.63, 3.8) is 0 Å². The van der Waals surface area contributed by atoms with Crippen LogP contribution in [-0.2, 0) is 9.53 Å². The third-order valence-corrected chi connectivity index (χ3v) is 3.83. The van der Waals surface area contributed by atoms with Crippen LogP contribution in [0.5, 0.6) is 5.75 Å². The number of methoxy groups -OCH3 is 2. The summed E-state index contributed by atoms with van der Waals surface area (Å²) in [5, 5.41) is 6.25. The van der Waals surface area contributed by atoms with Gasteiger partial charge in [-0.1, -0.05) is 0 Å². The zero-order valence-electron chi connectivity index (χ0n) is 12.3. The highest BCUT2D eigenvalue weighted by molar-refractivity contribution is 5.96. The molecule has 20 heavy (non-hydrogen) atoms. The van der Waals surface area contributed by atoms with Crippen LogP contribution in [0.15, 0.2) is 18.2 Å². The standard InChI is InChI=1S/C15H22N2O3/c1-11-8-12(20-3)4-5-13(11)17-14(18)15(10-19-2)6-7-16-9-15/h4-5,8,16H,6-7,9-10H2,1-3H3,(H,17,18). The van der Waals surface area contributed by atoms with Crippen LogP contribution in [0.25, 0.3) is 0 Å². The van der Waals surface area contributed by atoms with E-state index in [4.69, 9.17) is 9.47 Å². The van der Waals surface area contributed by atoms with Crippen LogP contribution in [0.3, 0.4) is 0 Å². The Kier molecular flexibility index (Phi) is 4.62. The monoisotopic (exact) mass is 278 g/mol. The van der Waals surface area contributed by atoms with E-state index in [9.17, 15) is 4.79 Å². The summed E-state index contributed by atoms with van der Waals surface area (Å²) in [7, 11) is 3.26. The van der Waals surface area contributed by atoms with Gasteiger partial charge in [-0.25, -0.2) is 0 Å². The summed E-state index contributed by atoms with van der Waals surface area (Å²) in [5.41, 5.74) is 1.33. The largest absolute Gasteiger partial charge is 0.497 e. The fraction of sp³-hybridized carbons (Fsp3) is 0.533. The molecule has 0 bridgehead atoms. The molecule has 5 heteroatoms. The lowest BCUT2D eigenvalue weighted by Crippen LogP contribution is -2.41. The Balaban J connectivity index is 2.14. The SMILES string of the molecule is COCC1(C(=O)Nc2ccc(OC)cc2C)CCNC1. The Morgan fingerprint density at radius 3 is 2.80 bits per heavy atom. The molecule has 1 aliphatic rings. The maximum Gasteiger partial charge on any atom is 0.234 e. The Labute approximate surface area is 119 Å². The van der Waals surface area contributed by atoms with Gasteiger partial charge in [-0.05, 0) is 43.7 Å². The minimum absolute atomic E-state index is 0.0117. The van der Waals surface area contributed by atoms with Gasteiger partial charge in [0.15, 0.2) is 0 Å². The minimum Gasteiger partial charge on any atom is -0.497 e. The molecule has 0 saturated carbocycles. The summed E-state index contributed by atoms with van der Waals surface area (Å²) in [4.78, 5) is 12.6. The highest BCUT2D eigenvalue weighted by Crippen LogP contribution is 2.29. The lowest BCUT2D eigenvalue weighted by Gasteiger charge is -2.26. The average Bonchev–Trinajstić information content (AvgIpc) is 2.91. The van der Waals surface area contributed by atoms with Crippen molar-refractivity contribution in [1.82, 2.24) is 5.32 Å². The molecule has 1 unspecified atom stereocenters. The van der Waals surface area contributed by atoms with E-state index >= 15 is 0 Å². The van der Waals surface area contributed by atoms with Gasteiger partial charge in [0.2, 0.25) is 5.91 Å². The molecule has 2 rings (SSSR count). The second-order valence-corrected chi connectivity index (χ2v) is 5.28. The first-order chi connectivity index (χ1) is 9.61. The van der Waals surface area contributed by atoms with Crippen molar-refractivity contribution in [2.75, 3.05) is 39.2 Å². The second kappa shape index (κ2) is 6.24. The fourth-order valence-corrected chi connectivity index (χ4v) is 2.56. The second-order valence-electron chi connectivity index (χ2n) is 5.28. The van der Waals surface area contributed by atoms with Crippen LogP contribution in [-0.4, -0.2) is 39.8 Å². The van der Waals surface area contributed by atoms with E-state index in [-0.39, 0.29) is 5.91 Å². The van der Waals surface area contributed by atoms with Crippen LogP contribution in [0.1, 0.15) is 12.0 Å². The zero-order chi connectivity index (χ0) is 14.6. The Hall–Kier alpha value is -1.59. The normalized spacial score (nSPS) is 21.8. The van der Waals surface area contributed by atoms with E-state index in [1.807, 2.05) is 25.1 Å².